The van der Waals surface area contributed by atoms with Crippen LogP contribution in [0.4, 0.5) is 4.39 Å². The quantitative estimate of drug-likeness (QED) is 0.821. The zero-order chi connectivity index (χ0) is 16.1. The van der Waals surface area contributed by atoms with Crippen LogP contribution in [0.1, 0.15) is 18.7 Å². The summed E-state index contributed by atoms with van der Waals surface area (Å²) in [4.78, 5) is 0. The van der Waals surface area contributed by atoms with Crippen molar-refractivity contribution in [3.63, 3.8) is 0 Å². The molecule has 2 heterocycles. The van der Waals surface area contributed by atoms with Crippen LogP contribution >= 0.6 is 11.8 Å². The molecule has 1 aliphatic heterocycles. The van der Waals surface area contributed by atoms with Gasteiger partial charge in [0.15, 0.2) is 5.16 Å². The first-order valence-electron chi connectivity index (χ1n) is 7.89. The molecule has 1 aliphatic rings. The van der Waals surface area contributed by atoms with E-state index in [0.717, 1.165) is 42.1 Å². The predicted molar refractivity (Wildman–Crippen MR) is 88.3 cm³/mol. The summed E-state index contributed by atoms with van der Waals surface area (Å²) >= 11 is 1.67. The lowest BCUT2D eigenvalue weighted by Crippen LogP contribution is -2.19. The van der Waals surface area contributed by atoms with E-state index in [1.54, 1.807) is 23.9 Å². The summed E-state index contributed by atoms with van der Waals surface area (Å²) in [5, 5.41) is 9.38. The molecule has 1 fully saturated rings. The molecule has 23 heavy (non-hydrogen) atoms. The normalized spacial score (nSPS) is 18.3. The van der Waals surface area contributed by atoms with Gasteiger partial charge >= 0.3 is 0 Å². The third-order valence-electron chi connectivity index (χ3n) is 3.86. The number of ether oxygens (including phenoxy) is 1. The van der Waals surface area contributed by atoms with Crippen LogP contribution in [0, 0.1) is 11.7 Å². The van der Waals surface area contributed by atoms with Crippen molar-refractivity contribution in [2.24, 2.45) is 11.7 Å². The van der Waals surface area contributed by atoms with Crippen molar-refractivity contribution in [2.75, 3.05) is 25.5 Å². The van der Waals surface area contributed by atoms with E-state index >= 15 is 0 Å². The Morgan fingerprint density at radius 1 is 1.30 bits per heavy atom. The maximum atomic E-state index is 13.2. The molecule has 1 unspecified atom stereocenters. The Labute approximate surface area is 139 Å². The molecule has 0 aliphatic carbocycles. The topological polar surface area (TPSA) is 66.0 Å². The minimum Gasteiger partial charge on any atom is -0.381 e. The molecule has 0 saturated carbocycles. The van der Waals surface area contributed by atoms with E-state index < -0.39 is 0 Å². The maximum Gasteiger partial charge on any atom is 0.195 e. The van der Waals surface area contributed by atoms with Gasteiger partial charge in [0.05, 0.1) is 6.61 Å². The van der Waals surface area contributed by atoms with E-state index in [0.29, 0.717) is 18.9 Å². The van der Waals surface area contributed by atoms with Crippen LogP contribution in [0.15, 0.2) is 29.4 Å². The van der Waals surface area contributed by atoms with Crippen LogP contribution in [0.2, 0.25) is 0 Å². The molecule has 2 aromatic rings. The van der Waals surface area contributed by atoms with Crippen LogP contribution in [0.25, 0.3) is 5.69 Å². The van der Waals surface area contributed by atoms with Gasteiger partial charge in [-0.3, -0.25) is 4.57 Å². The van der Waals surface area contributed by atoms with Gasteiger partial charge in [-0.2, -0.15) is 0 Å². The first kappa shape index (κ1) is 16.4. The van der Waals surface area contributed by atoms with Crippen LogP contribution in [-0.4, -0.2) is 40.3 Å². The van der Waals surface area contributed by atoms with Gasteiger partial charge in [-0.05, 0) is 49.6 Å². The first-order valence-corrected chi connectivity index (χ1v) is 8.87. The third kappa shape index (κ3) is 4.10. The summed E-state index contributed by atoms with van der Waals surface area (Å²) in [5.41, 5.74) is 6.53. The standard InChI is InChI=1S/C16H21FN4OS/c17-13-3-5-14(6-4-13)21-15(7-8-18)19-20-16(21)23-11-12-2-1-9-22-10-12/h3-6,12H,1-2,7-11,18H2. The van der Waals surface area contributed by atoms with Crippen molar-refractivity contribution >= 4 is 11.8 Å². The number of benzene rings is 1. The van der Waals surface area contributed by atoms with Crippen molar-refractivity contribution in [3.05, 3.63) is 35.9 Å². The van der Waals surface area contributed by atoms with Crippen LogP contribution < -0.4 is 5.73 Å². The fourth-order valence-corrected chi connectivity index (χ4v) is 3.75. The summed E-state index contributed by atoms with van der Waals surface area (Å²) in [5.74, 6) is 2.05. The van der Waals surface area contributed by atoms with Crippen molar-refractivity contribution in [1.82, 2.24) is 14.8 Å². The van der Waals surface area contributed by atoms with Gasteiger partial charge < -0.3 is 10.5 Å². The van der Waals surface area contributed by atoms with E-state index in [1.165, 1.54) is 18.6 Å². The first-order chi connectivity index (χ1) is 11.3. The lowest BCUT2D eigenvalue weighted by Gasteiger charge is -2.21. The average molecular weight is 336 g/mol. The maximum absolute atomic E-state index is 13.2. The number of thioether (sulfide) groups is 1. The van der Waals surface area contributed by atoms with Crippen molar-refractivity contribution in [2.45, 2.75) is 24.4 Å². The molecule has 0 amide bonds. The highest BCUT2D eigenvalue weighted by molar-refractivity contribution is 7.99. The van der Waals surface area contributed by atoms with Gasteiger partial charge in [-0.15, -0.1) is 10.2 Å². The molecule has 1 aromatic heterocycles. The van der Waals surface area contributed by atoms with Crippen molar-refractivity contribution < 1.29 is 9.13 Å². The van der Waals surface area contributed by atoms with Gasteiger partial charge in [-0.25, -0.2) is 4.39 Å². The second kappa shape index (κ2) is 7.90. The molecule has 7 heteroatoms. The molecule has 2 N–H and O–H groups in total. The molecule has 5 nitrogen and oxygen atoms in total. The van der Waals surface area contributed by atoms with Crippen molar-refractivity contribution in [3.8, 4) is 5.69 Å². The molecule has 124 valence electrons. The molecule has 1 saturated heterocycles. The Morgan fingerprint density at radius 3 is 2.83 bits per heavy atom. The smallest absolute Gasteiger partial charge is 0.195 e. The Kier molecular flexibility index (Phi) is 5.64. The second-order valence-electron chi connectivity index (χ2n) is 5.64. The SMILES string of the molecule is NCCc1nnc(SCC2CCCOC2)n1-c1ccc(F)cc1. The summed E-state index contributed by atoms with van der Waals surface area (Å²) in [6, 6.07) is 6.38. The van der Waals surface area contributed by atoms with E-state index in [9.17, 15) is 4.39 Å². The second-order valence-corrected chi connectivity index (χ2v) is 6.63. The summed E-state index contributed by atoms with van der Waals surface area (Å²) in [6.07, 6.45) is 2.94. The summed E-state index contributed by atoms with van der Waals surface area (Å²) in [6.45, 7) is 2.18. The number of rotatable bonds is 6. The zero-order valence-corrected chi connectivity index (χ0v) is 13.8. The predicted octanol–water partition coefficient (Wildman–Crippen LogP) is 2.43. The Morgan fingerprint density at radius 2 is 2.13 bits per heavy atom. The van der Waals surface area contributed by atoms with Crippen molar-refractivity contribution in [1.29, 1.82) is 0 Å². The molecular formula is C16H21FN4OS. The van der Waals surface area contributed by atoms with E-state index in [4.69, 9.17) is 10.5 Å². The average Bonchev–Trinajstić information content (AvgIpc) is 2.98. The van der Waals surface area contributed by atoms with E-state index in [1.807, 2.05) is 4.57 Å². The monoisotopic (exact) mass is 336 g/mol. The van der Waals surface area contributed by atoms with Gasteiger partial charge in [0.25, 0.3) is 0 Å². The largest absolute Gasteiger partial charge is 0.381 e. The fourth-order valence-electron chi connectivity index (χ4n) is 2.67. The molecule has 1 atom stereocenters. The number of nitrogens with zero attached hydrogens (tertiary/aromatic N) is 3. The Bertz CT molecular complexity index is 626. The minimum absolute atomic E-state index is 0.254. The third-order valence-corrected chi connectivity index (χ3v) is 5.02. The molecular weight excluding hydrogens is 315 g/mol. The number of nitrogens with two attached hydrogens (primary N) is 1. The summed E-state index contributed by atoms with van der Waals surface area (Å²) < 4.78 is 20.7. The van der Waals surface area contributed by atoms with Crippen LogP contribution in [-0.2, 0) is 11.2 Å². The zero-order valence-electron chi connectivity index (χ0n) is 12.9. The molecule has 1 aromatic carbocycles. The molecule has 0 spiro atoms. The van der Waals surface area contributed by atoms with Gasteiger partial charge in [0, 0.05) is 24.5 Å². The van der Waals surface area contributed by atoms with Gasteiger partial charge in [-0.1, -0.05) is 11.8 Å². The number of hydrogen-bond acceptors (Lipinski definition) is 5. The fraction of sp³-hybridized carbons (Fsp3) is 0.500. The number of hydrogen-bond donors (Lipinski definition) is 1. The highest BCUT2D eigenvalue weighted by Crippen LogP contribution is 2.27. The minimum atomic E-state index is -0.254. The highest BCUT2D eigenvalue weighted by Gasteiger charge is 2.18. The highest BCUT2D eigenvalue weighted by atomic mass is 32.2. The summed E-state index contributed by atoms with van der Waals surface area (Å²) in [7, 11) is 0. The Hall–Kier alpha value is -1.44. The van der Waals surface area contributed by atoms with Gasteiger partial charge in [0.2, 0.25) is 0 Å². The van der Waals surface area contributed by atoms with Crippen LogP contribution in [0.3, 0.4) is 0 Å². The van der Waals surface area contributed by atoms with E-state index in [2.05, 4.69) is 10.2 Å². The lowest BCUT2D eigenvalue weighted by molar-refractivity contribution is 0.0632. The van der Waals surface area contributed by atoms with Crippen LogP contribution in [0.5, 0.6) is 0 Å². The van der Waals surface area contributed by atoms with Gasteiger partial charge in [0.1, 0.15) is 11.6 Å². The lowest BCUT2D eigenvalue weighted by atomic mass is 10.1. The number of aromatic nitrogens is 3. The van der Waals surface area contributed by atoms with E-state index in [-0.39, 0.29) is 5.82 Å². The molecule has 3 rings (SSSR count). The Balaban J connectivity index is 1.80. The number of halogens is 1. The molecule has 0 radical (unpaired) electrons. The molecule has 0 bridgehead atoms.